The Kier molecular flexibility index (Phi) is 7.30. The lowest BCUT2D eigenvalue weighted by Crippen LogP contribution is -2.36. The van der Waals surface area contributed by atoms with Gasteiger partial charge in [-0.05, 0) is 83.0 Å². The maximum atomic E-state index is 12.7. The van der Waals surface area contributed by atoms with Crippen LogP contribution < -0.4 is 10.1 Å². The fourth-order valence-corrected chi connectivity index (χ4v) is 4.22. The second kappa shape index (κ2) is 9.76. The van der Waals surface area contributed by atoms with Gasteiger partial charge in [-0.15, -0.1) is 0 Å². The summed E-state index contributed by atoms with van der Waals surface area (Å²) in [5.74, 6) is -0.901. The van der Waals surface area contributed by atoms with Gasteiger partial charge in [0.15, 0.2) is 11.5 Å². The van der Waals surface area contributed by atoms with Gasteiger partial charge in [0.2, 0.25) is 5.91 Å². The first kappa shape index (κ1) is 23.2. The van der Waals surface area contributed by atoms with Gasteiger partial charge in [-0.3, -0.25) is 19.3 Å². The molecule has 162 valence electrons. The molecule has 3 amide bonds. The summed E-state index contributed by atoms with van der Waals surface area (Å²) in [4.78, 5) is 38.4. The molecule has 2 aromatic rings. The van der Waals surface area contributed by atoms with Gasteiger partial charge in [-0.25, -0.2) is 0 Å². The van der Waals surface area contributed by atoms with Crippen molar-refractivity contribution in [1.82, 2.24) is 4.90 Å². The highest BCUT2D eigenvalue weighted by atomic mass is 79.9. The molecule has 0 spiro atoms. The standard InChI is InChI=1S/C21H18BrClN2O5S/c1-3-30-16-7-12(6-14(22)19(16)27)8-17-20(28)25(21(29)31-17)10-18(26)24-13-5-4-11(2)15(23)9-13/h4-9,27H,3,10H2,1-2H3,(H,24,26)/b17-8+. The summed E-state index contributed by atoms with van der Waals surface area (Å²) in [7, 11) is 0. The molecule has 0 radical (unpaired) electrons. The highest BCUT2D eigenvalue weighted by Gasteiger charge is 2.36. The number of halogens is 2. The van der Waals surface area contributed by atoms with Crippen LogP contribution in [-0.4, -0.2) is 40.2 Å². The van der Waals surface area contributed by atoms with Crippen LogP contribution in [-0.2, 0) is 9.59 Å². The first-order valence-corrected chi connectivity index (χ1v) is 11.1. The van der Waals surface area contributed by atoms with Gasteiger partial charge in [0, 0.05) is 10.7 Å². The molecule has 0 bridgehead atoms. The van der Waals surface area contributed by atoms with Crippen molar-refractivity contribution in [2.45, 2.75) is 13.8 Å². The van der Waals surface area contributed by atoms with Crippen LogP contribution in [0.25, 0.3) is 6.08 Å². The third-order valence-electron chi connectivity index (χ3n) is 4.28. The zero-order valence-corrected chi connectivity index (χ0v) is 19.7. The quantitative estimate of drug-likeness (QED) is 0.504. The molecule has 0 unspecified atom stereocenters. The summed E-state index contributed by atoms with van der Waals surface area (Å²) >= 11 is 10.0. The van der Waals surface area contributed by atoms with Gasteiger partial charge in [0.1, 0.15) is 6.54 Å². The van der Waals surface area contributed by atoms with E-state index in [9.17, 15) is 19.5 Å². The molecule has 2 N–H and O–H groups in total. The summed E-state index contributed by atoms with van der Waals surface area (Å²) in [5, 5.41) is 12.6. The molecule has 0 saturated carbocycles. The molecule has 0 atom stereocenters. The molecule has 2 aromatic carbocycles. The van der Waals surface area contributed by atoms with Crippen molar-refractivity contribution < 1.29 is 24.2 Å². The number of hydrogen-bond donors (Lipinski definition) is 2. The SMILES string of the molecule is CCOc1cc(/C=C2/SC(=O)N(CC(=O)Nc3ccc(C)c(Cl)c3)C2=O)cc(Br)c1O. The molecule has 10 heteroatoms. The predicted octanol–water partition coefficient (Wildman–Crippen LogP) is 5.19. The van der Waals surface area contributed by atoms with Crippen molar-refractivity contribution >= 4 is 68.1 Å². The zero-order chi connectivity index (χ0) is 22.7. The lowest BCUT2D eigenvalue weighted by atomic mass is 10.2. The van der Waals surface area contributed by atoms with Gasteiger partial charge >= 0.3 is 0 Å². The molecular weight excluding hydrogens is 508 g/mol. The topological polar surface area (TPSA) is 95.9 Å². The third kappa shape index (κ3) is 5.41. The number of amides is 3. The minimum Gasteiger partial charge on any atom is -0.503 e. The maximum Gasteiger partial charge on any atom is 0.294 e. The van der Waals surface area contributed by atoms with E-state index in [-0.39, 0.29) is 16.4 Å². The van der Waals surface area contributed by atoms with Crippen LogP contribution in [0.2, 0.25) is 5.02 Å². The van der Waals surface area contributed by atoms with Crippen LogP contribution in [0.1, 0.15) is 18.1 Å². The van der Waals surface area contributed by atoms with E-state index in [2.05, 4.69) is 21.2 Å². The molecule has 1 saturated heterocycles. The van der Waals surface area contributed by atoms with E-state index in [0.29, 0.717) is 27.4 Å². The van der Waals surface area contributed by atoms with Crippen LogP contribution in [0, 0.1) is 6.92 Å². The number of hydrogen-bond acceptors (Lipinski definition) is 6. The van der Waals surface area contributed by atoms with Crippen molar-refractivity contribution in [2.75, 3.05) is 18.5 Å². The minimum absolute atomic E-state index is 0.0556. The molecule has 31 heavy (non-hydrogen) atoms. The van der Waals surface area contributed by atoms with Gasteiger partial charge in [0.05, 0.1) is 16.0 Å². The lowest BCUT2D eigenvalue weighted by Gasteiger charge is -2.13. The fraction of sp³-hybridized carbons (Fsp3) is 0.190. The minimum atomic E-state index is -0.575. The molecule has 1 aliphatic heterocycles. The Hall–Kier alpha value is -2.49. The number of phenols is 1. The summed E-state index contributed by atoms with van der Waals surface area (Å²) in [5.41, 5.74) is 1.89. The Balaban J connectivity index is 1.74. The number of rotatable bonds is 6. The first-order valence-electron chi connectivity index (χ1n) is 9.16. The summed E-state index contributed by atoms with van der Waals surface area (Å²) in [6.45, 7) is 3.55. The number of nitrogens with one attached hydrogen (secondary N) is 1. The number of ether oxygens (including phenoxy) is 1. The Bertz CT molecular complexity index is 1110. The number of phenolic OH excluding ortho intramolecular Hbond substituents is 1. The molecule has 1 fully saturated rings. The number of imide groups is 1. The highest BCUT2D eigenvalue weighted by Crippen LogP contribution is 2.38. The second-order valence-corrected chi connectivity index (χ2v) is 8.82. The van der Waals surface area contributed by atoms with Crippen LogP contribution in [0.4, 0.5) is 10.5 Å². The van der Waals surface area contributed by atoms with E-state index in [1.54, 1.807) is 37.3 Å². The van der Waals surface area contributed by atoms with Crippen LogP contribution >= 0.6 is 39.3 Å². The number of thioether (sulfide) groups is 1. The van der Waals surface area contributed by atoms with E-state index in [4.69, 9.17) is 16.3 Å². The van der Waals surface area contributed by atoms with Crippen LogP contribution in [0.3, 0.4) is 0 Å². The van der Waals surface area contributed by atoms with Crippen LogP contribution in [0.15, 0.2) is 39.7 Å². The van der Waals surface area contributed by atoms with E-state index in [1.807, 2.05) is 6.92 Å². The molecule has 1 heterocycles. The number of aryl methyl sites for hydroxylation is 1. The van der Waals surface area contributed by atoms with Crippen molar-refractivity contribution in [2.24, 2.45) is 0 Å². The Morgan fingerprint density at radius 3 is 2.74 bits per heavy atom. The molecule has 1 aliphatic rings. The molecule has 7 nitrogen and oxygen atoms in total. The van der Waals surface area contributed by atoms with E-state index >= 15 is 0 Å². The number of carbonyl (C=O) groups is 3. The largest absolute Gasteiger partial charge is 0.503 e. The Morgan fingerprint density at radius 2 is 2.06 bits per heavy atom. The smallest absolute Gasteiger partial charge is 0.294 e. The Morgan fingerprint density at radius 1 is 1.32 bits per heavy atom. The third-order valence-corrected chi connectivity index (χ3v) is 6.20. The monoisotopic (exact) mass is 524 g/mol. The summed E-state index contributed by atoms with van der Waals surface area (Å²) in [6, 6.07) is 8.20. The average molecular weight is 526 g/mol. The van der Waals surface area contributed by atoms with E-state index in [1.165, 1.54) is 6.08 Å². The zero-order valence-electron chi connectivity index (χ0n) is 16.6. The number of aromatic hydroxyl groups is 1. The predicted molar refractivity (Wildman–Crippen MR) is 124 cm³/mol. The van der Waals surface area contributed by atoms with Gasteiger partial charge in [-0.2, -0.15) is 0 Å². The molecular formula is C21H18BrClN2O5S. The average Bonchev–Trinajstić information content (AvgIpc) is 2.96. The number of benzene rings is 2. The van der Waals surface area contributed by atoms with Gasteiger partial charge in [-0.1, -0.05) is 17.7 Å². The van der Waals surface area contributed by atoms with E-state index in [0.717, 1.165) is 22.2 Å². The fourth-order valence-electron chi connectivity index (χ4n) is 2.75. The summed E-state index contributed by atoms with van der Waals surface area (Å²) < 4.78 is 5.76. The van der Waals surface area contributed by atoms with E-state index < -0.39 is 23.6 Å². The van der Waals surface area contributed by atoms with Crippen molar-refractivity contribution in [3.05, 3.63) is 55.9 Å². The van der Waals surface area contributed by atoms with Crippen molar-refractivity contribution in [3.8, 4) is 11.5 Å². The summed E-state index contributed by atoms with van der Waals surface area (Å²) in [6.07, 6.45) is 1.51. The second-order valence-electron chi connectivity index (χ2n) is 6.56. The number of anilines is 1. The lowest BCUT2D eigenvalue weighted by molar-refractivity contribution is -0.127. The van der Waals surface area contributed by atoms with Crippen molar-refractivity contribution in [1.29, 1.82) is 0 Å². The maximum absolute atomic E-state index is 12.7. The molecule has 0 aliphatic carbocycles. The normalized spacial score (nSPS) is 15.0. The first-order chi connectivity index (χ1) is 14.7. The highest BCUT2D eigenvalue weighted by molar-refractivity contribution is 9.10. The number of carbonyl (C=O) groups excluding carboxylic acids is 3. The number of nitrogens with zero attached hydrogens (tertiary/aromatic N) is 1. The molecule has 0 aromatic heterocycles. The Labute approximate surface area is 196 Å². The molecule has 3 rings (SSSR count). The van der Waals surface area contributed by atoms with Crippen molar-refractivity contribution in [3.63, 3.8) is 0 Å². The van der Waals surface area contributed by atoms with Gasteiger partial charge in [0.25, 0.3) is 11.1 Å². The van der Waals surface area contributed by atoms with Crippen LogP contribution in [0.5, 0.6) is 11.5 Å². The van der Waals surface area contributed by atoms with Gasteiger partial charge < -0.3 is 15.2 Å².